The van der Waals surface area contributed by atoms with E-state index in [9.17, 15) is 0 Å². The molecule has 0 aliphatic heterocycles. The molecule has 0 aliphatic rings. The lowest BCUT2D eigenvalue weighted by atomic mass is 10.2. The van der Waals surface area contributed by atoms with Gasteiger partial charge in [-0.05, 0) is 6.42 Å². The van der Waals surface area contributed by atoms with Crippen molar-refractivity contribution in [3.63, 3.8) is 0 Å². The summed E-state index contributed by atoms with van der Waals surface area (Å²) in [4.78, 5) is 0.558. The summed E-state index contributed by atoms with van der Waals surface area (Å²) in [7, 11) is 1.74. The second kappa shape index (κ2) is 6.56. The van der Waals surface area contributed by atoms with Gasteiger partial charge in [0.1, 0.15) is 0 Å². The van der Waals surface area contributed by atoms with Crippen molar-refractivity contribution >= 4 is 15.9 Å². The molecule has 1 nitrogen and oxygen atoms in total. The Morgan fingerprint density at radius 2 is 2.22 bits per heavy atom. The standard InChI is InChI=1S/C7H15BrO/c1-3-4-5-7(8)6-9-2/h7H,3-6H2,1-2H3. The fraction of sp³-hybridized carbons (Fsp3) is 1.00. The molecule has 0 fully saturated rings. The van der Waals surface area contributed by atoms with Crippen LogP contribution in [0.15, 0.2) is 0 Å². The van der Waals surface area contributed by atoms with Crippen molar-refractivity contribution in [2.24, 2.45) is 0 Å². The van der Waals surface area contributed by atoms with E-state index in [1.807, 2.05) is 0 Å². The Morgan fingerprint density at radius 1 is 1.56 bits per heavy atom. The Hall–Kier alpha value is 0.440. The van der Waals surface area contributed by atoms with Crippen LogP contribution in [0.2, 0.25) is 0 Å². The summed E-state index contributed by atoms with van der Waals surface area (Å²) in [6.45, 7) is 3.03. The number of rotatable bonds is 5. The van der Waals surface area contributed by atoms with Crippen LogP contribution in [0.4, 0.5) is 0 Å². The SMILES string of the molecule is CCCCC(Br)COC. The molecule has 0 aromatic rings. The van der Waals surface area contributed by atoms with Crippen LogP contribution in [0, 0.1) is 0 Å². The van der Waals surface area contributed by atoms with Gasteiger partial charge in [0.25, 0.3) is 0 Å². The molecule has 0 saturated heterocycles. The Morgan fingerprint density at radius 3 is 2.67 bits per heavy atom. The highest BCUT2D eigenvalue weighted by Crippen LogP contribution is 2.09. The van der Waals surface area contributed by atoms with Gasteiger partial charge in [-0.3, -0.25) is 0 Å². The first-order valence-corrected chi connectivity index (χ1v) is 4.35. The van der Waals surface area contributed by atoms with E-state index in [2.05, 4.69) is 22.9 Å². The van der Waals surface area contributed by atoms with E-state index < -0.39 is 0 Å². The number of alkyl halides is 1. The van der Waals surface area contributed by atoms with Gasteiger partial charge in [-0.15, -0.1) is 0 Å². The van der Waals surface area contributed by atoms with Crippen molar-refractivity contribution < 1.29 is 4.74 Å². The lowest BCUT2D eigenvalue weighted by Gasteiger charge is -2.05. The van der Waals surface area contributed by atoms with Crippen molar-refractivity contribution in [2.75, 3.05) is 13.7 Å². The van der Waals surface area contributed by atoms with Gasteiger partial charge in [0.05, 0.1) is 6.61 Å². The molecule has 0 rings (SSSR count). The van der Waals surface area contributed by atoms with Gasteiger partial charge >= 0.3 is 0 Å². The summed E-state index contributed by atoms with van der Waals surface area (Å²) < 4.78 is 4.95. The highest BCUT2D eigenvalue weighted by molar-refractivity contribution is 9.09. The predicted octanol–water partition coefficient (Wildman–Crippen LogP) is 2.59. The molecule has 0 heterocycles. The Labute approximate surface area is 65.9 Å². The lowest BCUT2D eigenvalue weighted by Crippen LogP contribution is -2.05. The fourth-order valence-electron chi connectivity index (χ4n) is 0.690. The van der Waals surface area contributed by atoms with Crippen LogP contribution in [0.1, 0.15) is 26.2 Å². The van der Waals surface area contributed by atoms with Gasteiger partial charge in [0.2, 0.25) is 0 Å². The average Bonchev–Trinajstić information content (AvgIpc) is 1.85. The van der Waals surface area contributed by atoms with E-state index in [4.69, 9.17) is 4.74 Å². The summed E-state index contributed by atoms with van der Waals surface area (Å²) >= 11 is 3.51. The minimum Gasteiger partial charge on any atom is -0.384 e. The van der Waals surface area contributed by atoms with E-state index in [1.54, 1.807) is 7.11 Å². The molecule has 0 saturated carbocycles. The third-order valence-corrected chi connectivity index (χ3v) is 1.94. The molecule has 9 heavy (non-hydrogen) atoms. The van der Waals surface area contributed by atoms with E-state index >= 15 is 0 Å². The van der Waals surface area contributed by atoms with Crippen molar-refractivity contribution in [3.05, 3.63) is 0 Å². The number of unbranched alkanes of at least 4 members (excludes halogenated alkanes) is 1. The van der Waals surface area contributed by atoms with Gasteiger partial charge in [-0.2, -0.15) is 0 Å². The maximum absolute atomic E-state index is 4.95. The number of methoxy groups -OCH3 is 1. The molecule has 56 valence electrons. The molecule has 0 bridgehead atoms. The van der Waals surface area contributed by atoms with Crippen LogP contribution < -0.4 is 0 Å². The number of ether oxygens (including phenoxy) is 1. The normalized spacial score (nSPS) is 13.7. The lowest BCUT2D eigenvalue weighted by molar-refractivity contribution is 0.198. The molecular formula is C7H15BrO. The van der Waals surface area contributed by atoms with Crippen molar-refractivity contribution in [1.29, 1.82) is 0 Å². The highest BCUT2D eigenvalue weighted by atomic mass is 79.9. The molecule has 0 spiro atoms. The number of hydrogen-bond acceptors (Lipinski definition) is 1. The first-order valence-electron chi connectivity index (χ1n) is 3.44. The van der Waals surface area contributed by atoms with Crippen molar-refractivity contribution in [2.45, 2.75) is 31.0 Å². The van der Waals surface area contributed by atoms with Crippen molar-refractivity contribution in [1.82, 2.24) is 0 Å². The maximum atomic E-state index is 4.95. The molecule has 0 amide bonds. The van der Waals surface area contributed by atoms with Gasteiger partial charge in [0, 0.05) is 11.9 Å². The van der Waals surface area contributed by atoms with Crippen LogP contribution >= 0.6 is 15.9 Å². The largest absolute Gasteiger partial charge is 0.384 e. The van der Waals surface area contributed by atoms with Crippen LogP contribution in [-0.2, 0) is 4.74 Å². The predicted molar refractivity (Wildman–Crippen MR) is 44.1 cm³/mol. The number of hydrogen-bond donors (Lipinski definition) is 0. The summed E-state index contributed by atoms with van der Waals surface area (Å²) in [6, 6.07) is 0. The second-order valence-corrected chi connectivity index (χ2v) is 3.49. The zero-order valence-corrected chi connectivity index (χ0v) is 7.78. The van der Waals surface area contributed by atoms with E-state index in [-0.39, 0.29) is 0 Å². The zero-order valence-electron chi connectivity index (χ0n) is 6.19. The van der Waals surface area contributed by atoms with Gasteiger partial charge in [-0.25, -0.2) is 0 Å². The molecular weight excluding hydrogens is 180 g/mol. The molecule has 0 aliphatic carbocycles. The van der Waals surface area contributed by atoms with Crippen molar-refractivity contribution in [3.8, 4) is 0 Å². The molecule has 1 unspecified atom stereocenters. The maximum Gasteiger partial charge on any atom is 0.0587 e. The topological polar surface area (TPSA) is 9.23 Å². The Balaban J connectivity index is 2.95. The third kappa shape index (κ3) is 6.32. The second-order valence-electron chi connectivity index (χ2n) is 2.19. The summed E-state index contributed by atoms with van der Waals surface area (Å²) in [5.41, 5.74) is 0. The minimum absolute atomic E-state index is 0.558. The van der Waals surface area contributed by atoms with Crippen LogP contribution in [0.25, 0.3) is 0 Å². The van der Waals surface area contributed by atoms with Crippen LogP contribution in [-0.4, -0.2) is 18.5 Å². The van der Waals surface area contributed by atoms with Gasteiger partial charge in [-0.1, -0.05) is 35.7 Å². The van der Waals surface area contributed by atoms with Crippen LogP contribution in [0.5, 0.6) is 0 Å². The van der Waals surface area contributed by atoms with Gasteiger partial charge in [0.15, 0.2) is 0 Å². The first kappa shape index (κ1) is 9.44. The summed E-state index contributed by atoms with van der Waals surface area (Å²) in [5, 5.41) is 0. The fourth-order valence-corrected chi connectivity index (χ4v) is 1.28. The zero-order chi connectivity index (χ0) is 7.11. The Bertz CT molecular complexity index is 56.9. The molecule has 1 atom stereocenters. The first-order chi connectivity index (χ1) is 4.31. The highest BCUT2D eigenvalue weighted by Gasteiger charge is 2.00. The Kier molecular flexibility index (Phi) is 6.88. The minimum atomic E-state index is 0.558. The van der Waals surface area contributed by atoms with E-state index in [0.717, 1.165) is 6.61 Å². The molecule has 2 heteroatoms. The summed E-state index contributed by atoms with van der Waals surface area (Å²) in [6.07, 6.45) is 3.79. The molecule has 0 N–H and O–H groups in total. The third-order valence-electron chi connectivity index (χ3n) is 1.22. The average molecular weight is 195 g/mol. The smallest absolute Gasteiger partial charge is 0.0587 e. The quantitative estimate of drug-likeness (QED) is 0.612. The molecule has 0 aromatic heterocycles. The number of halogens is 1. The molecule has 0 radical (unpaired) electrons. The molecule has 0 aromatic carbocycles. The monoisotopic (exact) mass is 194 g/mol. The van der Waals surface area contributed by atoms with E-state index in [1.165, 1.54) is 19.3 Å². The van der Waals surface area contributed by atoms with Gasteiger partial charge < -0.3 is 4.74 Å². The summed E-state index contributed by atoms with van der Waals surface area (Å²) in [5.74, 6) is 0. The van der Waals surface area contributed by atoms with Crippen LogP contribution in [0.3, 0.4) is 0 Å². The van der Waals surface area contributed by atoms with E-state index in [0.29, 0.717) is 4.83 Å².